The van der Waals surface area contributed by atoms with Gasteiger partial charge in [0.1, 0.15) is 0 Å². The molecule has 0 aliphatic carbocycles. The van der Waals surface area contributed by atoms with Crippen LogP contribution in [0.2, 0.25) is 10.0 Å². The highest BCUT2D eigenvalue weighted by Gasteiger charge is 2.10. The first-order valence-electron chi connectivity index (χ1n) is 8.60. The third kappa shape index (κ3) is 6.96. The molecule has 0 unspecified atom stereocenters. The topological polar surface area (TPSA) is 89.0 Å². The number of hydrazone groups is 1. The molecule has 29 heavy (non-hydrogen) atoms. The number of carbonyl (C=O) groups excluding carboxylic acids is 2. The van der Waals surface area contributed by atoms with Crippen molar-refractivity contribution < 1.29 is 19.1 Å². The van der Waals surface area contributed by atoms with Crippen LogP contribution < -0.4 is 20.2 Å². The predicted molar refractivity (Wildman–Crippen MR) is 114 cm³/mol. The molecule has 0 radical (unpaired) electrons. The first-order chi connectivity index (χ1) is 13.8. The van der Waals surface area contributed by atoms with Crippen LogP contribution in [0, 0.1) is 0 Å². The van der Waals surface area contributed by atoms with Gasteiger partial charge in [-0.3, -0.25) is 9.59 Å². The maximum Gasteiger partial charge on any atom is 0.244 e. The van der Waals surface area contributed by atoms with Crippen LogP contribution in [0.15, 0.2) is 41.5 Å². The molecule has 0 fully saturated rings. The zero-order chi connectivity index (χ0) is 21.4. The molecule has 0 aliphatic heterocycles. The standard InChI is InChI=1S/C20H21Cl2N3O4/c1-12(8-19(26)23-16-11-14(21)5-6-15(16)22)24-25-20(27)10-13-4-7-17(28-2)18(9-13)29-3/h4-7,9,11H,8,10H2,1-3H3,(H,23,26)(H,25,27)/b24-12+. The van der Waals surface area contributed by atoms with Crippen LogP contribution in [0.4, 0.5) is 5.69 Å². The lowest BCUT2D eigenvalue weighted by Gasteiger charge is -2.09. The molecular formula is C20H21Cl2N3O4. The number of anilines is 1. The average molecular weight is 438 g/mol. The first kappa shape index (κ1) is 22.5. The highest BCUT2D eigenvalue weighted by molar-refractivity contribution is 6.35. The molecular weight excluding hydrogens is 417 g/mol. The normalized spacial score (nSPS) is 11.0. The van der Waals surface area contributed by atoms with Gasteiger partial charge in [-0.25, -0.2) is 5.43 Å². The number of halogens is 2. The number of nitrogens with one attached hydrogen (secondary N) is 2. The maximum atomic E-state index is 12.1. The van der Waals surface area contributed by atoms with Crippen LogP contribution >= 0.6 is 23.2 Å². The van der Waals surface area contributed by atoms with Gasteiger partial charge in [0, 0.05) is 10.7 Å². The molecule has 0 bridgehead atoms. The van der Waals surface area contributed by atoms with Gasteiger partial charge in [0.2, 0.25) is 11.8 Å². The molecule has 7 nitrogen and oxygen atoms in total. The Morgan fingerprint density at radius 2 is 1.72 bits per heavy atom. The Kier molecular flexibility index (Phi) is 8.30. The Bertz CT molecular complexity index is 932. The molecule has 2 amide bonds. The van der Waals surface area contributed by atoms with Gasteiger partial charge >= 0.3 is 0 Å². The van der Waals surface area contributed by atoms with E-state index >= 15 is 0 Å². The second kappa shape index (κ2) is 10.7. The zero-order valence-corrected chi connectivity index (χ0v) is 17.7. The van der Waals surface area contributed by atoms with Crippen molar-refractivity contribution in [2.24, 2.45) is 5.10 Å². The summed E-state index contributed by atoms with van der Waals surface area (Å²) in [4.78, 5) is 24.2. The van der Waals surface area contributed by atoms with Crippen molar-refractivity contribution >= 4 is 46.4 Å². The molecule has 2 aromatic carbocycles. The molecule has 0 saturated heterocycles. The molecule has 2 rings (SSSR count). The quantitative estimate of drug-likeness (QED) is 0.480. The lowest BCUT2D eigenvalue weighted by Crippen LogP contribution is -2.23. The molecule has 0 aromatic heterocycles. The number of amides is 2. The Labute approximate surface area is 179 Å². The van der Waals surface area contributed by atoms with E-state index in [-0.39, 0.29) is 24.7 Å². The largest absolute Gasteiger partial charge is 0.493 e. The minimum atomic E-state index is -0.329. The SMILES string of the molecule is COc1ccc(CC(=O)N/N=C(\C)CC(=O)Nc2cc(Cl)ccc2Cl)cc1OC. The number of benzene rings is 2. The summed E-state index contributed by atoms with van der Waals surface area (Å²) in [6.45, 7) is 1.63. The minimum absolute atomic E-state index is 0.0144. The summed E-state index contributed by atoms with van der Waals surface area (Å²) in [5, 5.41) is 7.45. The van der Waals surface area contributed by atoms with Crippen LogP contribution in [-0.4, -0.2) is 31.7 Å². The van der Waals surface area contributed by atoms with Gasteiger partial charge in [-0.1, -0.05) is 29.3 Å². The predicted octanol–water partition coefficient (Wildman–Crippen LogP) is 4.07. The van der Waals surface area contributed by atoms with Crippen LogP contribution in [0.3, 0.4) is 0 Å². The highest BCUT2D eigenvalue weighted by Crippen LogP contribution is 2.28. The van der Waals surface area contributed by atoms with E-state index in [1.807, 2.05) is 0 Å². The Morgan fingerprint density at radius 3 is 2.41 bits per heavy atom. The molecule has 0 aliphatic rings. The lowest BCUT2D eigenvalue weighted by atomic mass is 10.1. The summed E-state index contributed by atoms with van der Waals surface area (Å²) < 4.78 is 10.4. The van der Waals surface area contributed by atoms with E-state index in [9.17, 15) is 9.59 Å². The van der Waals surface area contributed by atoms with E-state index in [1.54, 1.807) is 43.3 Å². The van der Waals surface area contributed by atoms with E-state index in [1.165, 1.54) is 14.2 Å². The first-order valence-corrected chi connectivity index (χ1v) is 9.35. The number of nitrogens with zero attached hydrogens (tertiary/aromatic N) is 1. The number of carbonyl (C=O) groups is 2. The number of methoxy groups -OCH3 is 2. The second-order valence-corrected chi connectivity index (χ2v) is 6.94. The maximum absolute atomic E-state index is 12.1. The molecule has 0 saturated carbocycles. The van der Waals surface area contributed by atoms with Gasteiger partial charge in [0.15, 0.2) is 11.5 Å². The van der Waals surface area contributed by atoms with Crippen molar-refractivity contribution in [3.8, 4) is 11.5 Å². The van der Waals surface area contributed by atoms with Gasteiger partial charge in [-0.15, -0.1) is 0 Å². The molecule has 154 valence electrons. The molecule has 2 aromatic rings. The summed E-state index contributed by atoms with van der Waals surface area (Å²) in [6.07, 6.45) is 0.0843. The number of rotatable bonds is 8. The highest BCUT2D eigenvalue weighted by atomic mass is 35.5. The smallest absolute Gasteiger partial charge is 0.244 e. The fourth-order valence-corrected chi connectivity index (χ4v) is 2.77. The third-order valence-electron chi connectivity index (χ3n) is 3.80. The Hall–Kier alpha value is -2.77. The van der Waals surface area contributed by atoms with Gasteiger partial charge < -0.3 is 14.8 Å². The van der Waals surface area contributed by atoms with Crippen LogP contribution in [0.1, 0.15) is 18.9 Å². The van der Waals surface area contributed by atoms with E-state index in [4.69, 9.17) is 32.7 Å². The van der Waals surface area contributed by atoms with Crippen molar-refractivity contribution in [1.29, 1.82) is 0 Å². The monoisotopic (exact) mass is 437 g/mol. The van der Waals surface area contributed by atoms with Gasteiger partial charge in [0.05, 0.1) is 37.8 Å². The van der Waals surface area contributed by atoms with Gasteiger partial charge in [-0.2, -0.15) is 5.10 Å². The summed E-state index contributed by atoms with van der Waals surface area (Å²) in [6, 6.07) is 9.98. The Balaban J connectivity index is 1.89. The van der Waals surface area contributed by atoms with Crippen molar-refractivity contribution in [1.82, 2.24) is 5.43 Å². The van der Waals surface area contributed by atoms with Crippen LogP contribution in [-0.2, 0) is 16.0 Å². The van der Waals surface area contributed by atoms with Crippen molar-refractivity contribution in [2.75, 3.05) is 19.5 Å². The fourth-order valence-electron chi connectivity index (χ4n) is 2.43. The van der Waals surface area contributed by atoms with Gasteiger partial charge in [0.25, 0.3) is 0 Å². The average Bonchev–Trinajstić information content (AvgIpc) is 2.69. The lowest BCUT2D eigenvalue weighted by molar-refractivity contribution is -0.120. The summed E-state index contributed by atoms with van der Waals surface area (Å²) >= 11 is 11.9. The molecule has 0 heterocycles. The van der Waals surface area contributed by atoms with Crippen molar-refractivity contribution in [2.45, 2.75) is 19.8 Å². The van der Waals surface area contributed by atoms with Crippen LogP contribution in [0.5, 0.6) is 11.5 Å². The number of ether oxygens (including phenoxy) is 2. The van der Waals surface area contributed by atoms with Crippen LogP contribution in [0.25, 0.3) is 0 Å². The zero-order valence-electron chi connectivity index (χ0n) is 16.2. The molecule has 0 atom stereocenters. The van der Waals surface area contributed by atoms with E-state index in [0.29, 0.717) is 32.9 Å². The Morgan fingerprint density at radius 1 is 1.00 bits per heavy atom. The van der Waals surface area contributed by atoms with Gasteiger partial charge in [-0.05, 0) is 42.8 Å². The number of hydrogen-bond acceptors (Lipinski definition) is 5. The fraction of sp³-hybridized carbons (Fsp3) is 0.250. The minimum Gasteiger partial charge on any atom is -0.493 e. The molecule has 9 heteroatoms. The third-order valence-corrected chi connectivity index (χ3v) is 4.37. The molecule has 2 N–H and O–H groups in total. The van der Waals surface area contributed by atoms with E-state index in [0.717, 1.165) is 5.56 Å². The second-order valence-electron chi connectivity index (χ2n) is 6.10. The summed E-state index contributed by atoms with van der Waals surface area (Å²) in [7, 11) is 3.06. The summed E-state index contributed by atoms with van der Waals surface area (Å²) in [5.41, 5.74) is 4.02. The van der Waals surface area contributed by atoms with Crippen molar-refractivity contribution in [3.05, 3.63) is 52.0 Å². The van der Waals surface area contributed by atoms with E-state index in [2.05, 4.69) is 15.8 Å². The van der Waals surface area contributed by atoms with E-state index < -0.39 is 0 Å². The van der Waals surface area contributed by atoms with Crippen molar-refractivity contribution in [3.63, 3.8) is 0 Å². The molecule has 0 spiro atoms. The number of hydrogen-bond donors (Lipinski definition) is 2. The summed E-state index contributed by atoms with van der Waals surface area (Å²) in [5.74, 6) is 0.463.